The Kier molecular flexibility index (Phi) is 6.30. The molecule has 0 heterocycles. The maximum absolute atomic E-state index is 12.0. The monoisotopic (exact) mass is 318 g/mol. The van der Waals surface area contributed by atoms with Gasteiger partial charge in [0.2, 0.25) is 0 Å². The molecule has 116 valence electrons. The molecule has 0 unspecified atom stereocenters. The lowest BCUT2D eigenvalue weighted by molar-refractivity contribution is -0.0824. The fourth-order valence-electron chi connectivity index (χ4n) is 1.53. The van der Waals surface area contributed by atoms with E-state index in [0.717, 1.165) is 10.7 Å². The van der Waals surface area contributed by atoms with Gasteiger partial charge in [0.15, 0.2) is 0 Å². The van der Waals surface area contributed by atoms with E-state index in [2.05, 4.69) is 18.5 Å². The van der Waals surface area contributed by atoms with Crippen molar-refractivity contribution >= 4 is 23.2 Å². The highest BCUT2D eigenvalue weighted by Gasteiger charge is 2.14. The van der Waals surface area contributed by atoms with Gasteiger partial charge in [-0.3, -0.25) is 0 Å². The zero-order valence-corrected chi connectivity index (χ0v) is 13.0. The van der Waals surface area contributed by atoms with Gasteiger partial charge in [0.1, 0.15) is 10.7 Å². The van der Waals surface area contributed by atoms with E-state index in [9.17, 15) is 4.79 Å². The Morgan fingerprint density at radius 2 is 1.82 bits per heavy atom. The normalized spacial score (nSPS) is 11.0. The summed E-state index contributed by atoms with van der Waals surface area (Å²) >= 11 is 5.10. The lowest BCUT2D eigenvalue weighted by Crippen LogP contribution is -2.34. The summed E-state index contributed by atoms with van der Waals surface area (Å²) in [7, 11) is 1.73. The number of thiocarbonyl (C=S) groups is 1. The molecule has 0 radical (unpaired) electrons. The molecule has 5 N–H and O–H groups in total. The number of carbonyl (C=O) groups is 1. The first-order valence-electron chi connectivity index (χ1n) is 6.28. The lowest BCUT2D eigenvalue weighted by atomic mass is 10.1. The van der Waals surface area contributed by atoms with Crippen LogP contribution < -0.4 is 16.9 Å². The molecular formula is C15H18N4O2S. The van der Waals surface area contributed by atoms with Crippen molar-refractivity contribution < 1.29 is 9.63 Å². The van der Waals surface area contributed by atoms with Crippen LogP contribution in [-0.4, -0.2) is 23.2 Å². The minimum atomic E-state index is -0.638. The maximum atomic E-state index is 12.0. The van der Waals surface area contributed by atoms with Crippen LogP contribution in [0.3, 0.4) is 0 Å². The fraction of sp³-hybridized carbons (Fsp3) is 0.0667. The SMILES string of the molecule is C=C/C(N)=C(\C=C)N(N)OC(=O)c1ccc(C(=S)NC)cc1. The van der Waals surface area contributed by atoms with Crippen LogP contribution in [0.4, 0.5) is 0 Å². The average Bonchev–Trinajstić information content (AvgIpc) is 2.54. The first-order valence-corrected chi connectivity index (χ1v) is 6.69. The molecule has 0 amide bonds. The van der Waals surface area contributed by atoms with E-state index in [1.807, 2.05) is 0 Å². The standard InChI is InChI=1S/C15H18N4O2S/c1-4-12(16)13(5-2)19(17)21-15(20)11-8-6-10(7-9-11)14(22)18-3/h4-9H,1-2,16-17H2,3H3,(H,18,22)/b13-12-. The van der Waals surface area contributed by atoms with E-state index in [4.69, 9.17) is 28.6 Å². The number of carbonyl (C=O) groups excluding carboxylic acids is 1. The van der Waals surface area contributed by atoms with Crippen molar-refractivity contribution in [3.63, 3.8) is 0 Å². The lowest BCUT2D eigenvalue weighted by Gasteiger charge is -2.19. The Morgan fingerprint density at radius 1 is 1.27 bits per heavy atom. The quantitative estimate of drug-likeness (QED) is 0.316. The van der Waals surface area contributed by atoms with Crippen LogP contribution >= 0.6 is 12.2 Å². The molecule has 0 spiro atoms. The predicted octanol–water partition coefficient (Wildman–Crippen LogP) is 1.37. The molecule has 1 aromatic carbocycles. The Hall–Kier alpha value is -2.64. The van der Waals surface area contributed by atoms with Gasteiger partial charge in [-0.15, -0.1) is 5.17 Å². The van der Waals surface area contributed by atoms with Gasteiger partial charge in [0.05, 0.1) is 11.3 Å². The van der Waals surface area contributed by atoms with Crippen LogP contribution in [0.15, 0.2) is 61.0 Å². The largest absolute Gasteiger partial charge is 0.397 e. The third kappa shape index (κ3) is 4.18. The molecule has 1 rings (SSSR count). The number of allylic oxidation sites excluding steroid dienone is 2. The van der Waals surface area contributed by atoms with Crippen molar-refractivity contribution in [1.82, 2.24) is 10.5 Å². The summed E-state index contributed by atoms with van der Waals surface area (Å²) in [5.74, 6) is 5.01. The Balaban J connectivity index is 2.87. The smallest absolute Gasteiger partial charge is 0.365 e. The van der Waals surface area contributed by atoms with E-state index in [-0.39, 0.29) is 11.4 Å². The predicted molar refractivity (Wildman–Crippen MR) is 90.3 cm³/mol. The molecule has 0 bridgehead atoms. The summed E-state index contributed by atoms with van der Waals surface area (Å²) in [5.41, 5.74) is 7.25. The minimum absolute atomic E-state index is 0.233. The van der Waals surface area contributed by atoms with Gasteiger partial charge < -0.3 is 15.9 Å². The van der Waals surface area contributed by atoms with Crippen LogP contribution in [0.1, 0.15) is 15.9 Å². The highest BCUT2D eigenvalue weighted by atomic mass is 32.1. The summed E-state index contributed by atoms with van der Waals surface area (Å²) in [5, 5.41) is 3.60. The van der Waals surface area contributed by atoms with Gasteiger partial charge in [-0.25, -0.2) is 10.6 Å². The highest BCUT2D eigenvalue weighted by Crippen LogP contribution is 2.10. The van der Waals surface area contributed by atoms with Crippen molar-refractivity contribution in [2.45, 2.75) is 0 Å². The van der Waals surface area contributed by atoms with Crippen LogP contribution in [0.5, 0.6) is 0 Å². The molecule has 1 aromatic rings. The molecule has 0 saturated carbocycles. The molecule has 0 saturated heterocycles. The first-order chi connectivity index (χ1) is 10.4. The molecular weight excluding hydrogens is 300 g/mol. The van der Waals surface area contributed by atoms with Crippen molar-refractivity contribution in [3.05, 3.63) is 72.1 Å². The van der Waals surface area contributed by atoms with Gasteiger partial charge in [-0.2, -0.15) is 0 Å². The van der Waals surface area contributed by atoms with Gasteiger partial charge in [-0.05, 0) is 24.3 Å². The molecule has 0 aromatic heterocycles. The minimum Gasteiger partial charge on any atom is -0.397 e. The molecule has 0 aliphatic carbocycles. The highest BCUT2D eigenvalue weighted by molar-refractivity contribution is 7.80. The van der Waals surface area contributed by atoms with Gasteiger partial charge in [0.25, 0.3) is 0 Å². The van der Waals surface area contributed by atoms with Crippen molar-refractivity contribution in [2.24, 2.45) is 11.6 Å². The van der Waals surface area contributed by atoms with Gasteiger partial charge in [0, 0.05) is 12.6 Å². The van der Waals surface area contributed by atoms with Crippen molar-refractivity contribution in [2.75, 3.05) is 7.05 Å². The summed E-state index contributed by atoms with van der Waals surface area (Å²) in [6.45, 7) is 7.06. The molecule has 7 heteroatoms. The number of nitrogens with two attached hydrogens (primary N) is 2. The summed E-state index contributed by atoms with van der Waals surface area (Å²) in [6, 6.07) is 6.59. The van der Waals surface area contributed by atoms with E-state index in [0.29, 0.717) is 10.6 Å². The molecule has 22 heavy (non-hydrogen) atoms. The molecule has 6 nitrogen and oxygen atoms in total. The number of benzene rings is 1. The van der Waals surface area contributed by atoms with E-state index in [1.165, 1.54) is 12.2 Å². The number of rotatable bonds is 6. The molecule has 0 fully saturated rings. The Bertz CT molecular complexity index is 623. The molecule has 0 aliphatic heterocycles. The van der Waals surface area contributed by atoms with Gasteiger partial charge in [-0.1, -0.05) is 37.5 Å². The third-order valence-electron chi connectivity index (χ3n) is 2.74. The Labute approximate surface area is 134 Å². The van der Waals surface area contributed by atoms with Crippen LogP contribution in [0.2, 0.25) is 0 Å². The zero-order chi connectivity index (χ0) is 16.7. The first kappa shape index (κ1) is 17.4. The van der Waals surface area contributed by atoms with E-state index >= 15 is 0 Å². The second-order valence-electron chi connectivity index (χ2n) is 4.11. The summed E-state index contributed by atoms with van der Waals surface area (Å²) in [4.78, 5) is 17.6. The van der Waals surface area contributed by atoms with E-state index in [1.54, 1.807) is 31.3 Å². The maximum Gasteiger partial charge on any atom is 0.365 e. The number of hydrazine groups is 1. The topological polar surface area (TPSA) is 93.6 Å². The summed E-state index contributed by atoms with van der Waals surface area (Å²) in [6.07, 6.45) is 2.73. The number of nitrogens with one attached hydrogen (secondary N) is 1. The Morgan fingerprint density at radius 3 is 2.27 bits per heavy atom. The zero-order valence-electron chi connectivity index (χ0n) is 12.2. The average molecular weight is 318 g/mol. The van der Waals surface area contributed by atoms with Crippen molar-refractivity contribution in [1.29, 1.82) is 0 Å². The van der Waals surface area contributed by atoms with Crippen LogP contribution in [0.25, 0.3) is 0 Å². The number of hydrogen-bond donors (Lipinski definition) is 3. The third-order valence-corrected chi connectivity index (χ3v) is 3.18. The van der Waals surface area contributed by atoms with Crippen molar-refractivity contribution in [3.8, 4) is 0 Å². The van der Waals surface area contributed by atoms with Crippen LogP contribution in [0, 0.1) is 0 Å². The fourth-order valence-corrected chi connectivity index (χ4v) is 1.67. The number of hydroxylamine groups is 1. The summed E-state index contributed by atoms with van der Waals surface area (Å²) < 4.78 is 0. The van der Waals surface area contributed by atoms with Gasteiger partial charge >= 0.3 is 5.97 Å². The second kappa shape index (κ2) is 7.96. The van der Waals surface area contributed by atoms with E-state index < -0.39 is 5.97 Å². The molecule has 0 atom stereocenters. The molecule has 0 aliphatic rings. The number of hydrogen-bond acceptors (Lipinski definition) is 6. The van der Waals surface area contributed by atoms with Crippen LogP contribution in [-0.2, 0) is 4.84 Å². The number of nitrogens with zero attached hydrogens (tertiary/aromatic N) is 1. The second-order valence-corrected chi connectivity index (χ2v) is 4.52.